The Morgan fingerprint density at radius 1 is 1.31 bits per heavy atom. The van der Waals surface area contributed by atoms with Gasteiger partial charge in [0, 0.05) is 0 Å². The molecule has 0 aliphatic heterocycles. The van der Waals surface area contributed by atoms with E-state index >= 15 is 0 Å². The molecule has 1 amide bonds. The first kappa shape index (κ1) is 11.8. The number of amides is 1. The van der Waals surface area contributed by atoms with Crippen molar-refractivity contribution in [2.24, 2.45) is 5.92 Å². The van der Waals surface area contributed by atoms with Crippen LogP contribution in [0.4, 0.5) is 5.82 Å². The van der Waals surface area contributed by atoms with Gasteiger partial charge in [-0.1, -0.05) is 0 Å². The molecule has 1 aliphatic carbocycles. The Kier molecular flexibility index (Phi) is 3.19. The molecule has 1 N–H and O–H groups in total. The van der Waals surface area contributed by atoms with Gasteiger partial charge in [-0.25, -0.2) is 0 Å². The standard InChI is InChI=1S/C8H8N3O.3CH3.Sn/c12-8(6-1-2-6)11-7-5-9-3-4-10-7;;;;/h4-6H,1-2H2,(H,10,11,12);3*1H3;. The van der Waals surface area contributed by atoms with Gasteiger partial charge in [-0.3, -0.25) is 0 Å². The number of carbonyl (C=O) groups is 1. The maximum atomic E-state index is 11.5. The molecule has 5 heteroatoms. The number of hydrogen-bond acceptors (Lipinski definition) is 3. The summed E-state index contributed by atoms with van der Waals surface area (Å²) >= 11 is -2.10. The first-order valence-electron chi connectivity index (χ1n) is 5.60. The fourth-order valence-corrected chi connectivity index (χ4v) is 3.93. The maximum absolute atomic E-state index is 11.5. The Morgan fingerprint density at radius 3 is 2.44 bits per heavy atom. The zero-order valence-corrected chi connectivity index (χ0v) is 12.8. The Balaban J connectivity index is 2.04. The number of rotatable bonds is 3. The number of hydrogen-bond donors (Lipinski definition) is 1. The van der Waals surface area contributed by atoms with Crippen molar-refractivity contribution in [3.05, 3.63) is 12.4 Å². The van der Waals surface area contributed by atoms with Gasteiger partial charge in [0.2, 0.25) is 0 Å². The molecule has 0 radical (unpaired) electrons. The molecule has 1 fully saturated rings. The van der Waals surface area contributed by atoms with Crippen LogP contribution in [0, 0.1) is 5.92 Å². The van der Waals surface area contributed by atoms with Gasteiger partial charge in [-0.2, -0.15) is 0 Å². The summed E-state index contributed by atoms with van der Waals surface area (Å²) in [6.07, 6.45) is 5.52. The van der Waals surface area contributed by atoms with E-state index in [1.165, 1.54) is 0 Å². The molecule has 0 unspecified atom stereocenters. The monoisotopic (exact) mass is 327 g/mol. The molecular weight excluding hydrogens is 309 g/mol. The predicted molar refractivity (Wildman–Crippen MR) is 66.4 cm³/mol. The normalized spacial score (nSPS) is 15.9. The van der Waals surface area contributed by atoms with Gasteiger partial charge < -0.3 is 0 Å². The summed E-state index contributed by atoms with van der Waals surface area (Å²) in [6, 6.07) is 0. The van der Waals surface area contributed by atoms with E-state index in [9.17, 15) is 4.79 Å². The molecule has 0 atom stereocenters. The molecule has 2 rings (SSSR count). The molecule has 1 saturated carbocycles. The van der Waals surface area contributed by atoms with Gasteiger partial charge in [0.25, 0.3) is 0 Å². The average Bonchev–Trinajstić information content (AvgIpc) is 3.00. The fourth-order valence-electron chi connectivity index (χ4n) is 1.35. The van der Waals surface area contributed by atoms with E-state index in [4.69, 9.17) is 0 Å². The molecular formula is C11H17N3OSn. The molecule has 4 nitrogen and oxygen atoms in total. The van der Waals surface area contributed by atoms with E-state index in [0.717, 1.165) is 16.6 Å². The van der Waals surface area contributed by atoms with Crippen LogP contribution in [0.5, 0.6) is 0 Å². The second kappa shape index (κ2) is 4.31. The van der Waals surface area contributed by atoms with Crippen LogP contribution in [-0.4, -0.2) is 34.3 Å². The van der Waals surface area contributed by atoms with E-state index in [-0.39, 0.29) is 11.8 Å². The van der Waals surface area contributed by atoms with Gasteiger partial charge in [0.1, 0.15) is 0 Å². The molecule has 16 heavy (non-hydrogen) atoms. The van der Waals surface area contributed by atoms with Gasteiger partial charge in [-0.15, -0.1) is 0 Å². The summed E-state index contributed by atoms with van der Waals surface area (Å²) in [6.45, 7) is 0. The average molecular weight is 326 g/mol. The van der Waals surface area contributed by atoms with Crippen molar-refractivity contribution in [3.8, 4) is 0 Å². The Morgan fingerprint density at radius 2 is 2.00 bits per heavy atom. The van der Waals surface area contributed by atoms with Crippen molar-refractivity contribution in [2.75, 3.05) is 5.32 Å². The van der Waals surface area contributed by atoms with Crippen molar-refractivity contribution in [1.29, 1.82) is 0 Å². The molecule has 0 spiro atoms. The number of nitrogens with zero attached hydrogens (tertiary/aromatic N) is 2. The third kappa shape index (κ3) is 2.93. The van der Waals surface area contributed by atoms with E-state index < -0.39 is 18.4 Å². The summed E-state index contributed by atoms with van der Waals surface area (Å²) in [5, 5.41) is 2.79. The van der Waals surface area contributed by atoms with E-state index in [1.807, 2.05) is 6.20 Å². The minimum absolute atomic E-state index is 0.0846. The summed E-state index contributed by atoms with van der Waals surface area (Å²) in [4.78, 5) is 27.0. The van der Waals surface area contributed by atoms with Crippen LogP contribution in [0.25, 0.3) is 0 Å². The predicted octanol–water partition coefficient (Wildman–Crippen LogP) is 1.37. The number of anilines is 1. The Bertz CT molecular complexity index is 393. The number of carbonyl (C=O) groups excluding carboxylic acids is 1. The van der Waals surface area contributed by atoms with Gasteiger partial charge in [0.05, 0.1) is 0 Å². The van der Waals surface area contributed by atoms with Crippen LogP contribution in [0.2, 0.25) is 14.8 Å². The first-order chi connectivity index (χ1) is 7.47. The van der Waals surface area contributed by atoms with Crippen LogP contribution >= 0.6 is 0 Å². The Labute approximate surface area is 99.7 Å². The quantitative estimate of drug-likeness (QED) is 0.854. The number of nitrogens with one attached hydrogen (secondary N) is 1. The van der Waals surface area contributed by atoms with Crippen molar-refractivity contribution >= 4 is 33.8 Å². The van der Waals surface area contributed by atoms with Gasteiger partial charge >= 0.3 is 99.9 Å². The van der Waals surface area contributed by atoms with Crippen LogP contribution in [0.3, 0.4) is 0 Å². The zero-order chi connectivity index (χ0) is 11.8. The van der Waals surface area contributed by atoms with E-state index in [2.05, 4.69) is 30.1 Å². The molecule has 86 valence electrons. The fraction of sp³-hybridized carbons (Fsp3) is 0.545. The van der Waals surface area contributed by atoms with Crippen LogP contribution in [-0.2, 0) is 4.79 Å². The molecule has 0 bridgehead atoms. The topological polar surface area (TPSA) is 54.9 Å². The molecule has 1 aliphatic rings. The van der Waals surface area contributed by atoms with Crippen molar-refractivity contribution in [2.45, 2.75) is 27.7 Å². The van der Waals surface area contributed by atoms with Crippen LogP contribution in [0.1, 0.15) is 12.8 Å². The second-order valence-electron chi connectivity index (χ2n) is 5.30. The third-order valence-electron chi connectivity index (χ3n) is 2.62. The number of aromatic nitrogens is 2. The van der Waals surface area contributed by atoms with E-state index in [1.54, 1.807) is 6.20 Å². The third-order valence-corrected chi connectivity index (χ3v) is 7.74. The first-order valence-corrected chi connectivity index (χ1v) is 15.6. The molecule has 1 aromatic rings. The second-order valence-corrected chi connectivity index (χ2v) is 19.6. The molecule has 0 saturated heterocycles. The molecule has 1 aromatic heterocycles. The van der Waals surface area contributed by atoms with Gasteiger partial charge in [-0.05, 0) is 0 Å². The molecule has 0 aromatic carbocycles. The Hall–Kier alpha value is -0.651. The van der Waals surface area contributed by atoms with Crippen LogP contribution < -0.4 is 9.03 Å². The summed E-state index contributed by atoms with van der Waals surface area (Å²) in [5.74, 6) is 0.876. The molecule has 1 heterocycles. The minimum atomic E-state index is -2.10. The summed E-state index contributed by atoms with van der Waals surface area (Å²) in [5.41, 5.74) is 0. The van der Waals surface area contributed by atoms with Gasteiger partial charge in [0.15, 0.2) is 0 Å². The summed E-state index contributed by atoms with van der Waals surface area (Å²) < 4.78 is 1.14. The zero-order valence-electron chi connectivity index (χ0n) is 9.95. The van der Waals surface area contributed by atoms with Crippen molar-refractivity contribution in [3.63, 3.8) is 0 Å². The summed E-state index contributed by atoms with van der Waals surface area (Å²) in [7, 11) is 0. The SMILES string of the molecule is [CH3][Sn]([CH3])([CH3])[c]1cnc(NC(=O)C2CC2)cn1. The van der Waals surface area contributed by atoms with Crippen LogP contribution in [0.15, 0.2) is 12.4 Å². The van der Waals surface area contributed by atoms with Crippen molar-refractivity contribution in [1.82, 2.24) is 9.97 Å². The van der Waals surface area contributed by atoms with Crippen molar-refractivity contribution < 1.29 is 4.79 Å². The van der Waals surface area contributed by atoms with E-state index in [0.29, 0.717) is 5.82 Å².